The molecule has 1 rings (SSSR count). The molecule has 0 N–H and O–H groups in total. The molecule has 1 unspecified atom stereocenters. The predicted molar refractivity (Wildman–Crippen MR) is 91.5 cm³/mol. The molecule has 120 valence electrons. The quantitative estimate of drug-likeness (QED) is 0.358. The van der Waals surface area contributed by atoms with Crippen LogP contribution in [-0.2, 0) is 6.42 Å². The molecule has 0 aliphatic heterocycles. The van der Waals surface area contributed by atoms with Gasteiger partial charge in [0.05, 0.1) is 0 Å². The van der Waals surface area contributed by atoms with Crippen molar-refractivity contribution in [3.8, 4) is 0 Å². The van der Waals surface area contributed by atoms with Crippen LogP contribution in [0.2, 0.25) is 0 Å². The maximum Gasteiger partial charge on any atom is 0.125 e. The van der Waals surface area contributed by atoms with E-state index < -0.39 is 6.17 Å². The third-order valence-corrected chi connectivity index (χ3v) is 4.33. The van der Waals surface area contributed by atoms with Crippen molar-refractivity contribution in [2.24, 2.45) is 0 Å². The summed E-state index contributed by atoms with van der Waals surface area (Å²) in [6, 6.07) is 7.97. The SMILES string of the molecule is CCCCCCCCCCCC(F)c1ccccc1CC. The van der Waals surface area contributed by atoms with Gasteiger partial charge in [0.1, 0.15) is 6.17 Å². The van der Waals surface area contributed by atoms with Gasteiger partial charge in [-0.3, -0.25) is 0 Å². The number of hydrogen-bond donors (Lipinski definition) is 0. The Morgan fingerprint density at radius 1 is 0.810 bits per heavy atom. The Morgan fingerprint density at radius 2 is 1.38 bits per heavy atom. The topological polar surface area (TPSA) is 0 Å². The largest absolute Gasteiger partial charge is 0.242 e. The van der Waals surface area contributed by atoms with Crippen molar-refractivity contribution in [3.05, 3.63) is 35.4 Å². The highest BCUT2D eigenvalue weighted by molar-refractivity contribution is 5.28. The van der Waals surface area contributed by atoms with Gasteiger partial charge in [0.25, 0.3) is 0 Å². The average Bonchev–Trinajstić information content (AvgIpc) is 2.53. The number of aryl methyl sites for hydroxylation is 1. The molecule has 0 aliphatic rings. The molecular weight excluding hydrogens is 259 g/mol. The molecule has 0 radical (unpaired) electrons. The van der Waals surface area contributed by atoms with E-state index in [1.807, 2.05) is 18.2 Å². The molecule has 0 bridgehead atoms. The second-order valence-corrected chi connectivity index (χ2v) is 6.14. The number of rotatable bonds is 12. The van der Waals surface area contributed by atoms with E-state index in [1.54, 1.807) is 0 Å². The summed E-state index contributed by atoms with van der Waals surface area (Å²) in [6.07, 6.45) is 12.5. The third-order valence-electron chi connectivity index (χ3n) is 4.33. The van der Waals surface area contributed by atoms with Crippen molar-refractivity contribution in [2.45, 2.75) is 90.6 Å². The molecule has 0 amide bonds. The normalized spacial score (nSPS) is 12.5. The van der Waals surface area contributed by atoms with Crippen molar-refractivity contribution in [2.75, 3.05) is 0 Å². The van der Waals surface area contributed by atoms with Gasteiger partial charge in [0.2, 0.25) is 0 Å². The summed E-state index contributed by atoms with van der Waals surface area (Å²) in [5.74, 6) is 0. The monoisotopic (exact) mass is 292 g/mol. The lowest BCUT2D eigenvalue weighted by Crippen LogP contribution is -1.97. The number of halogens is 1. The zero-order valence-corrected chi connectivity index (χ0v) is 14.0. The summed E-state index contributed by atoms with van der Waals surface area (Å²) in [7, 11) is 0. The van der Waals surface area contributed by atoms with Gasteiger partial charge in [-0.1, -0.05) is 95.9 Å². The smallest absolute Gasteiger partial charge is 0.125 e. The van der Waals surface area contributed by atoms with E-state index in [1.165, 1.54) is 56.9 Å². The van der Waals surface area contributed by atoms with Gasteiger partial charge in [-0.2, -0.15) is 0 Å². The van der Waals surface area contributed by atoms with Gasteiger partial charge in [-0.05, 0) is 24.0 Å². The number of hydrogen-bond acceptors (Lipinski definition) is 0. The molecule has 0 aliphatic carbocycles. The van der Waals surface area contributed by atoms with Gasteiger partial charge in [-0.25, -0.2) is 4.39 Å². The molecule has 0 saturated heterocycles. The van der Waals surface area contributed by atoms with Crippen LogP contribution in [0.5, 0.6) is 0 Å². The van der Waals surface area contributed by atoms with E-state index in [-0.39, 0.29) is 0 Å². The van der Waals surface area contributed by atoms with Gasteiger partial charge < -0.3 is 0 Å². The van der Waals surface area contributed by atoms with Crippen LogP contribution in [0.15, 0.2) is 24.3 Å². The van der Waals surface area contributed by atoms with Crippen molar-refractivity contribution in [3.63, 3.8) is 0 Å². The van der Waals surface area contributed by atoms with Crippen molar-refractivity contribution < 1.29 is 4.39 Å². The van der Waals surface area contributed by atoms with Gasteiger partial charge in [0, 0.05) is 0 Å². The summed E-state index contributed by atoms with van der Waals surface area (Å²) < 4.78 is 14.3. The Balaban J connectivity index is 2.09. The maximum absolute atomic E-state index is 14.3. The van der Waals surface area contributed by atoms with E-state index >= 15 is 0 Å². The Labute approximate surface area is 131 Å². The molecule has 21 heavy (non-hydrogen) atoms. The Bertz CT molecular complexity index is 359. The second kappa shape index (κ2) is 11.8. The molecule has 1 heteroatoms. The summed E-state index contributed by atoms with van der Waals surface area (Å²) in [6.45, 7) is 4.36. The van der Waals surface area contributed by atoms with Crippen molar-refractivity contribution in [1.29, 1.82) is 0 Å². The molecule has 1 aromatic rings. The van der Waals surface area contributed by atoms with E-state index in [9.17, 15) is 4.39 Å². The highest BCUT2D eigenvalue weighted by atomic mass is 19.1. The number of unbranched alkanes of at least 4 members (excludes halogenated alkanes) is 8. The van der Waals surface area contributed by atoms with Crippen LogP contribution in [0, 0.1) is 0 Å². The standard InChI is InChI=1S/C20H33F/c1-3-5-6-7-8-9-10-11-12-17-20(21)19-16-14-13-15-18(19)4-2/h13-16,20H,3-12,17H2,1-2H3. The number of alkyl halides is 1. The molecule has 0 spiro atoms. The average molecular weight is 292 g/mol. The van der Waals surface area contributed by atoms with Crippen LogP contribution in [0.1, 0.15) is 95.4 Å². The highest BCUT2D eigenvalue weighted by Crippen LogP contribution is 2.27. The fourth-order valence-corrected chi connectivity index (χ4v) is 2.95. The van der Waals surface area contributed by atoms with Gasteiger partial charge >= 0.3 is 0 Å². The van der Waals surface area contributed by atoms with E-state index in [0.717, 1.165) is 18.4 Å². The van der Waals surface area contributed by atoms with Crippen LogP contribution < -0.4 is 0 Å². The van der Waals surface area contributed by atoms with E-state index in [2.05, 4.69) is 19.9 Å². The molecule has 0 aromatic heterocycles. The van der Waals surface area contributed by atoms with E-state index in [4.69, 9.17) is 0 Å². The Kier molecular flexibility index (Phi) is 10.2. The van der Waals surface area contributed by atoms with Crippen molar-refractivity contribution in [1.82, 2.24) is 0 Å². The summed E-state index contributed by atoms with van der Waals surface area (Å²) >= 11 is 0. The molecular formula is C20H33F. The first kappa shape index (κ1) is 18.2. The lowest BCUT2D eigenvalue weighted by atomic mass is 9.97. The highest BCUT2D eigenvalue weighted by Gasteiger charge is 2.12. The van der Waals surface area contributed by atoms with E-state index in [0.29, 0.717) is 6.42 Å². The molecule has 1 aromatic carbocycles. The maximum atomic E-state index is 14.3. The van der Waals surface area contributed by atoms with Gasteiger partial charge in [0.15, 0.2) is 0 Å². The summed E-state index contributed by atoms with van der Waals surface area (Å²) in [4.78, 5) is 0. The Morgan fingerprint density at radius 3 is 2.00 bits per heavy atom. The molecule has 1 atom stereocenters. The van der Waals surface area contributed by atoms with Crippen LogP contribution in [-0.4, -0.2) is 0 Å². The van der Waals surface area contributed by atoms with Crippen molar-refractivity contribution >= 4 is 0 Å². The third kappa shape index (κ3) is 7.64. The predicted octanol–water partition coefficient (Wildman–Crippen LogP) is 7.18. The molecule has 0 nitrogen and oxygen atoms in total. The first-order valence-electron chi connectivity index (χ1n) is 9.01. The van der Waals surface area contributed by atoms with Crippen LogP contribution in [0.4, 0.5) is 4.39 Å². The van der Waals surface area contributed by atoms with Gasteiger partial charge in [-0.15, -0.1) is 0 Å². The zero-order valence-electron chi connectivity index (χ0n) is 14.0. The molecule has 0 saturated carbocycles. The van der Waals surface area contributed by atoms with Crippen LogP contribution in [0.25, 0.3) is 0 Å². The van der Waals surface area contributed by atoms with Crippen LogP contribution in [0.3, 0.4) is 0 Å². The Hall–Kier alpha value is -0.850. The zero-order chi connectivity index (χ0) is 15.3. The summed E-state index contributed by atoms with van der Waals surface area (Å²) in [5, 5.41) is 0. The first-order chi connectivity index (χ1) is 10.3. The lowest BCUT2D eigenvalue weighted by Gasteiger charge is -2.12. The molecule has 0 fully saturated rings. The minimum Gasteiger partial charge on any atom is -0.242 e. The first-order valence-corrected chi connectivity index (χ1v) is 9.01. The minimum atomic E-state index is -0.772. The summed E-state index contributed by atoms with van der Waals surface area (Å²) in [5.41, 5.74) is 2.08. The lowest BCUT2D eigenvalue weighted by molar-refractivity contribution is 0.310. The fourth-order valence-electron chi connectivity index (χ4n) is 2.95. The second-order valence-electron chi connectivity index (χ2n) is 6.14. The fraction of sp³-hybridized carbons (Fsp3) is 0.700. The number of benzene rings is 1. The van der Waals surface area contributed by atoms with Crippen LogP contribution >= 0.6 is 0 Å². The molecule has 0 heterocycles. The minimum absolute atomic E-state index is 0.687.